The third-order valence-corrected chi connectivity index (χ3v) is 3.61. The first-order chi connectivity index (χ1) is 9.51. The van der Waals surface area contributed by atoms with E-state index in [0.29, 0.717) is 23.7 Å². The van der Waals surface area contributed by atoms with Crippen molar-refractivity contribution in [3.05, 3.63) is 23.8 Å². The fourth-order valence-corrected chi connectivity index (χ4v) is 2.72. The summed E-state index contributed by atoms with van der Waals surface area (Å²) in [6, 6.07) is 5.07. The van der Waals surface area contributed by atoms with Crippen LogP contribution in [0, 0.1) is 0 Å². The Balaban J connectivity index is 2.29. The third kappa shape index (κ3) is 3.05. The number of nitrogens with two attached hydrogens (primary N) is 1. The lowest BCUT2D eigenvalue weighted by atomic mass is 10.2. The lowest BCUT2D eigenvalue weighted by Gasteiger charge is -2.19. The lowest BCUT2D eigenvalue weighted by molar-refractivity contribution is -0.137. The highest BCUT2D eigenvalue weighted by atomic mass is 32.1. The molecule has 0 aliphatic carbocycles. The molecule has 0 radical (unpaired) electrons. The van der Waals surface area contributed by atoms with E-state index in [4.69, 9.17) is 10.8 Å². The Kier molecular flexibility index (Phi) is 4.19. The second-order valence-corrected chi connectivity index (χ2v) is 5.42. The first-order valence-corrected chi connectivity index (χ1v) is 7.00. The molecule has 1 heterocycles. The molecule has 2 rings (SSSR count). The Morgan fingerprint density at radius 2 is 2.20 bits per heavy atom. The van der Waals surface area contributed by atoms with Gasteiger partial charge in [0.15, 0.2) is 5.13 Å². The van der Waals surface area contributed by atoms with Gasteiger partial charge in [-0.1, -0.05) is 18.3 Å². The topological polar surface area (TPSA) is 96.5 Å². The van der Waals surface area contributed by atoms with Gasteiger partial charge in [0.25, 0.3) is 5.91 Å². The number of benzene rings is 1. The summed E-state index contributed by atoms with van der Waals surface area (Å²) >= 11 is 1.30. The van der Waals surface area contributed by atoms with Crippen LogP contribution in [0.15, 0.2) is 18.2 Å². The van der Waals surface area contributed by atoms with Gasteiger partial charge in [0.1, 0.15) is 6.54 Å². The molecule has 1 aromatic heterocycles. The maximum Gasteiger partial charge on any atom is 0.323 e. The van der Waals surface area contributed by atoms with Crippen molar-refractivity contribution in [3.63, 3.8) is 0 Å². The molecule has 0 aliphatic rings. The molecule has 106 valence electrons. The number of carboxylic acids is 1. The molecular weight excluding hydrogens is 278 g/mol. The molecule has 2 aromatic rings. The number of carbonyl (C=O) groups excluding carboxylic acids is 1. The molecule has 6 nitrogen and oxygen atoms in total. The summed E-state index contributed by atoms with van der Waals surface area (Å²) in [5.41, 5.74) is 6.82. The summed E-state index contributed by atoms with van der Waals surface area (Å²) in [5, 5.41) is 9.31. The molecule has 20 heavy (non-hydrogen) atoms. The second-order valence-electron chi connectivity index (χ2n) is 4.36. The van der Waals surface area contributed by atoms with Gasteiger partial charge in [-0.2, -0.15) is 0 Å². The quantitative estimate of drug-likeness (QED) is 0.876. The highest BCUT2D eigenvalue weighted by molar-refractivity contribution is 7.22. The standard InChI is InChI=1S/C13H15N3O3S/c1-2-5-16(7-11(17)18)12(19)8-3-4-9-10(6-8)20-13(14)15-9/h3-4,6H,2,5,7H2,1H3,(H2,14,15)(H,17,18). The minimum atomic E-state index is -1.02. The average Bonchev–Trinajstić information content (AvgIpc) is 2.75. The van der Waals surface area contributed by atoms with Crippen LogP contribution >= 0.6 is 11.3 Å². The number of thiazole rings is 1. The van der Waals surface area contributed by atoms with Gasteiger partial charge in [-0.3, -0.25) is 9.59 Å². The van der Waals surface area contributed by atoms with E-state index >= 15 is 0 Å². The molecule has 3 N–H and O–H groups in total. The van der Waals surface area contributed by atoms with Crippen molar-refractivity contribution in [1.29, 1.82) is 0 Å². The second kappa shape index (κ2) is 5.87. The van der Waals surface area contributed by atoms with Gasteiger partial charge in [0, 0.05) is 12.1 Å². The summed E-state index contributed by atoms with van der Waals surface area (Å²) in [6.07, 6.45) is 0.703. The van der Waals surface area contributed by atoms with E-state index in [1.165, 1.54) is 16.2 Å². The largest absolute Gasteiger partial charge is 0.480 e. The number of hydrogen-bond donors (Lipinski definition) is 2. The van der Waals surface area contributed by atoms with Crippen molar-refractivity contribution < 1.29 is 14.7 Å². The predicted octanol–water partition coefficient (Wildman–Crippen LogP) is 1.82. The molecule has 0 spiro atoms. The van der Waals surface area contributed by atoms with Crippen molar-refractivity contribution in [3.8, 4) is 0 Å². The summed E-state index contributed by atoms with van der Waals surface area (Å²) < 4.78 is 0.820. The van der Waals surface area contributed by atoms with Crippen LogP contribution < -0.4 is 5.73 Å². The van der Waals surface area contributed by atoms with Crippen molar-refractivity contribution in [1.82, 2.24) is 9.88 Å². The Morgan fingerprint density at radius 3 is 2.85 bits per heavy atom. The number of carboxylic acid groups (broad SMARTS) is 1. The Bertz CT molecular complexity index is 653. The van der Waals surface area contributed by atoms with E-state index < -0.39 is 5.97 Å². The van der Waals surface area contributed by atoms with Gasteiger partial charge < -0.3 is 15.7 Å². The van der Waals surface area contributed by atoms with Gasteiger partial charge in [-0.15, -0.1) is 0 Å². The van der Waals surface area contributed by atoms with Crippen LogP contribution in [0.2, 0.25) is 0 Å². The fourth-order valence-electron chi connectivity index (χ4n) is 1.94. The number of carbonyl (C=O) groups is 2. The summed E-state index contributed by atoms with van der Waals surface area (Å²) in [7, 11) is 0. The number of fused-ring (bicyclic) bond motifs is 1. The average molecular weight is 293 g/mol. The number of hydrogen-bond acceptors (Lipinski definition) is 5. The highest BCUT2D eigenvalue weighted by Crippen LogP contribution is 2.25. The van der Waals surface area contributed by atoms with Gasteiger partial charge in [0.05, 0.1) is 10.2 Å². The molecule has 0 saturated carbocycles. The van der Waals surface area contributed by atoms with E-state index in [1.54, 1.807) is 18.2 Å². The van der Waals surface area contributed by atoms with E-state index in [2.05, 4.69) is 4.98 Å². The first kappa shape index (κ1) is 14.3. The van der Waals surface area contributed by atoms with Gasteiger partial charge >= 0.3 is 5.97 Å². The molecular formula is C13H15N3O3S. The number of nitrogens with zero attached hydrogens (tertiary/aromatic N) is 2. The van der Waals surface area contributed by atoms with Crippen LogP contribution in [0.4, 0.5) is 5.13 Å². The summed E-state index contributed by atoms with van der Waals surface area (Å²) in [4.78, 5) is 28.6. The van der Waals surface area contributed by atoms with Crippen LogP contribution in [0.3, 0.4) is 0 Å². The highest BCUT2D eigenvalue weighted by Gasteiger charge is 2.18. The summed E-state index contributed by atoms with van der Waals surface area (Å²) in [5.74, 6) is -1.31. The molecule has 0 fully saturated rings. The number of anilines is 1. The number of nitrogen functional groups attached to an aromatic ring is 1. The monoisotopic (exact) mass is 293 g/mol. The molecule has 0 aliphatic heterocycles. The molecule has 7 heteroatoms. The Labute approximate surface area is 119 Å². The zero-order valence-corrected chi connectivity index (χ0v) is 11.8. The van der Waals surface area contributed by atoms with Crippen LogP contribution in [0.25, 0.3) is 10.2 Å². The maximum atomic E-state index is 12.3. The van der Waals surface area contributed by atoms with E-state index in [1.807, 2.05) is 6.92 Å². The van der Waals surface area contributed by atoms with E-state index in [0.717, 1.165) is 10.2 Å². The normalized spacial score (nSPS) is 10.7. The predicted molar refractivity (Wildman–Crippen MR) is 77.9 cm³/mol. The molecule has 1 amide bonds. The number of amides is 1. The lowest BCUT2D eigenvalue weighted by Crippen LogP contribution is -2.36. The molecule has 0 unspecified atom stereocenters. The minimum absolute atomic E-state index is 0.289. The van der Waals surface area contributed by atoms with Gasteiger partial charge in [-0.05, 0) is 24.6 Å². The third-order valence-electron chi connectivity index (χ3n) is 2.76. The van der Waals surface area contributed by atoms with Gasteiger partial charge in [-0.25, -0.2) is 4.98 Å². The number of aromatic nitrogens is 1. The first-order valence-electron chi connectivity index (χ1n) is 6.18. The van der Waals surface area contributed by atoms with Crippen LogP contribution in [-0.4, -0.2) is 40.0 Å². The maximum absolute atomic E-state index is 12.3. The molecule has 0 saturated heterocycles. The van der Waals surface area contributed by atoms with Crippen molar-refractivity contribution >= 4 is 38.6 Å². The van der Waals surface area contributed by atoms with Crippen molar-refractivity contribution in [2.24, 2.45) is 0 Å². The van der Waals surface area contributed by atoms with E-state index in [9.17, 15) is 9.59 Å². The van der Waals surface area contributed by atoms with Crippen LogP contribution in [0.5, 0.6) is 0 Å². The molecule has 0 bridgehead atoms. The van der Waals surface area contributed by atoms with Gasteiger partial charge in [0.2, 0.25) is 0 Å². The number of aliphatic carboxylic acids is 1. The Morgan fingerprint density at radius 1 is 1.45 bits per heavy atom. The van der Waals surface area contributed by atoms with Crippen LogP contribution in [-0.2, 0) is 4.79 Å². The number of rotatable bonds is 5. The zero-order valence-electron chi connectivity index (χ0n) is 11.0. The SMILES string of the molecule is CCCN(CC(=O)O)C(=O)c1ccc2nc(N)sc2c1. The molecule has 1 aromatic carbocycles. The molecule has 0 atom stereocenters. The fraction of sp³-hybridized carbons (Fsp3) is 0.308. The van der Waals surface area contributed by atoms with Crippen LogP contribution in [0.1, 0.15) is 23.7 Å². The summed E-state index contributed by atoms with van der Waals surface area (Å²) in [6.45, 7) is 2.01. The Hall–Kier alpha value is -2.15. The van der Waals surface area contributed by atoms with Crippen molar-refractivity contribution in [2.75, 3.05) is 18.8 Å². The smallest absolute Gasteiger partial charge is 0.323 e. The van der Waals surface area contributed by atoms with Crippen molar-refractivity contribution in [2.45, 2.75) is 13.3 Å². The minimum Gasteiger partial charge on any atom is -0.480 e. The zero-order chi connectivity index (χ0) is 14.7. The van der Waals surface area contributed by atoms with E-state index in [-0.39, 0.29) is 12.5 Å².